The summed E-state index contributed by atoms with van der Waals surface area (Å²) in [7, 11) is -0.889. The Morgan fingerprint density at radius 2 is 2.05 bits per heavy atom. The lowest BCUT2D eigenvalue weighted by atomic mass is 10.0. The summed E-state index contributed by atoms with van der Waals surface area (Å²) in [5.74, 6) is -0.403. The molecule has 0 aromatic heterocycles. The molecular formula is C13H21FN2O3S. The van der Waals surface area contributed by atoms with E-state index in [1.165, 1.54) is 26.3 Å². The number of hydrogen-bond donors (Lipinski definition) is 1. The van der Waals surface area contributed by atoms with Crippen molar-refractivity contribution >= 4 is 15.9 Å². The van der Waals surface area contributed by atoms with Gasteiger partial charge >= 0.3 is 10.2 Å². The molecule has 0 bridgehead atoms. The normalized spacial score (nSPS) is 12.2. The van der Waals surface area contributed by atoms with Gasteiger partial charge in [0, 0.05) is 20.7 Å². The minimum atomic E-state index is -3.78. The maximum absolute atomic E-state index is 13.9. The molecule has 114 valence electrons. The number of nitrogens with one attached hydrogen (secondary N) is 1. The first kappa shape index (κ1) is 16.9. The molecule has 0 saturated heterocycles. The van der Waals surface area contributed by atoms with Crippen molar-refractivity contribution in [2.45, 2.75) is 19.8 Å². The van der Waals surface area contributed by atoms with E-state index in [0.29, 0.717) is 0 Å². The molecule has 0 unspecified atom stereocenters. The monoisotopic (exact) mass is 304 g/mol. The van der Waals surface area contributed by atoms with E-state index < -0.39 is 16.0 Å². The third kappa shape index (κ3) is 4.43. The molecule has 0 spiro atoms. The highest BCUT2D eigenvalue weighted by Gasteiger charge is 2.19. The highest BCUT2D eigenvalue weighted by Crippen LogP contribution is 2.22. The van der Waals surface area contributed by atoms with E-state index in [1.807, 2.05) is 13.8 Å². The van der Waals surface area contributed by atoms with Gasteiger partial charge in [-0.25, -0.2) is 4.39 Å². The Morgan fingerprint density at radius 1 is 1.40 bits per heavy atom. The van der Waals surface area contributed by atoms with Crippen LogP contribution in [0.3, 0.4) is 0 Å². The second kappa shape index (κ2) is 7.01. The van der Waals surface area contributed by atoms with Gasteiger partial charge in [-0.05, 0) is 23.6 Å². The molecule has 0 aliphatic carbocycles. The number of anilines is 1. The Kier molecular flexibility index (Phi) is 5.91. The van der Waals surface area contributed by atoms with Crippen molar-refractivity contribution in [2.75, 3.05) is 32.0 Å². The van der Waals surface area contributed by atoms with Crippen molar-refractivity contribution in [3.05, 3.63) is 29.6 Å². The fourth-order valence-electron chi connectivity index (χ4n) is 1.53. The van der Waals surface area contributed by atoms with Crippen LogP contribution in [-0.4, -0.2) is 40.0 Å². The quantitative estimate of drug-likeness (QED) is 0.840. The lowest BCUT2D eigenvalue weighted by Crippen LogP contribution is -2.35. The largest absolute Gasteiger partial charge is 0.383 e. The molecule has 0 aliphatic rings. The minimum Gasteiger partial charge on any atom is -0.383 e. The summed E-state index contributed by atoms with van der Waals surface area (Å²) in [5.41, 5.74) is 0.761. The van der Waals surface area contributed by atoms with E-state index in [0.717, 1.165) is 9.87 Å². The number of rotatable bonds is 7. The Hall–Kier alpha value is -1.18. The Morgan fingerprint density at radius 3 is 2.55 bits per heavy atom. The van der Waals surface area contributed by atoms with Crippen molar-refractivity contribution in [1.29, 1.82) is 0 Å². The number of ether oxygens (including phenoxy) is 1. The summed E-state index contributed by atoms with van der Waals surface area (Å²) in [5, 5.41) is 0. The predicted octanol–water partition coefficient (Wildman–Crippen LogP) is 2.18. The summed E-state index contributed by atoms with van der Waals surface area (Å²) >= 11 is 0. The molecule has 20 heavy (non-hydrogen) atoms. The zero-order chi connectivity index (χ0) is 15.3. The molecule has 0 saturated carbocycles. The number of benzene rings is 1. The topological polar surface area (TPSA) is 58.6 Å². The number of methoxy groups -OCH3 is 1. The van der Waals surface area contributed by atoms with Gasteiger partial charge in [-0.15, -0.1) is 0 Å². The number of nitrogens with zero attached hydrogens (tertiary/aromatic N) is 1. The van der Waals surface area contributed by atoms with Crippen LogP contribution in [0.25, 0.3) is 0 Å². The molecule has 5 nitrogen and oxygen atoms in total. The Bertz CT molecular complexity index is 547. The average Bonchev–Trinajstić information content (AvgIpc) is 2.37. The van der Waals surface area contributed by atoms with Crippen LogP contribution in [-0.2, 0) is 14.9 Å². The predicted molar refractivity (Wildman–Crippen MR) is 77.5 cm³/mol. The van der Waals surface area contributed by atoms with E-state index in [2.05, 4.69) is 4.72 Å². The third-order valence-corrected chi connectivity index (χ3v) is 4.40. The van der Waals surface area contributed by atoms with Gasteiger partial charge in [-0.1, -0.05) is 19.9 Å². The second-order valence-corrected chi connectivity index (χ2v) is 6.59. The highest BCUT2D eigenvalue weighted by atomic mass is 32.2. The molecule has 0 atom stereocenters. The van der Waals surface area contributed by atoms with E-state index in [4.69, 9.17) is 4.74 Å². The van der Waals surface area contributed by atoms with Gasteiger partial charge < -0.3 is 4.74 Å². The van der Waals surface area contributed by atoms with Gasteiger partial charge in [0.1, 0.15) is 5.82 Å². The molecule has 1 aromatic rings. The fraction of sp³-hybridized carbons (Fsp3) is 0.538. The first-order chi connectivity index (χ1) is 9.27. The standard InChI is InChI=1S/C13H21FN2O3S/c1-10(2)11-5-6-13(12(14)9-11)15-20(17,18)16(3)7-8-19-4/h5-6,9-10,15H,7-8H2,1-4H3. The van der Waals surface area contributed by atoms with Crippen LogP contribution in [0.15, 0.2) is 18.2 Å². The summed E-state index contributed by atoms with van der Waals surface area (Å²) < 4.78 is 45.9. The van der Waals surface area contributed by atoms with E-state index in [1.54, 1.807) is 6.07 Å². The minimum absolute atomic E-state index is 0.0568. The van der Waals surface area contributed by atoms with Gasteiger partial charge in [0.05, 0.1) is 12.3 Å². The summed E-state index contributed by atoms with van der Waals surface area (Å²) in [6, 6.07) is 4.49. The SMILES string of the molecule is COCCN(C)S(=O)(=O)Nc1ccc(C(C)C)cc1F. The van der Waals surface area contributed by atoms with Crippen LogP contribution in [0.2, 0.25) is 0 Å². The lowest BCUT2D eigenvalue weighted by molar-refractivity contribution is 0.185. The van der Waals surface area contributed by atoms with Crippen LogP contribution >= 0.6 is 0 Å². The van der Waals surface area contributed by atoms with Crippen LogP contribution in [0.4, 0.5) is 10.1 Å². The van der Waals surface area contributed by atoms with Gasteiger partial charge in [0.2, 0.25) is 0 Å². The van der Waals surface area contributed by atoms with Gasteiger partial charge in [-0.3, -0.25) is 4.72 Å². The van der Waals surface area contributed by atoms with Crippen molar-refractivity contribution in [1.82, 2.24) is 4.31 Å². The average molecular weight is 304 g/mol. The van der Waals surface area contributed by atoms with Crippen molar-refractivity contribution < 1.29 is 17.5 Å². The molecule has 7 heteroatoms. The molecule has 1 aromatic carbocycles. The molecule has 0 fully saturated rings. The van der Waals surface area contributed by atoms with E-state index in [-0.39, 0.29) is 24.8 Å². The fourth-order valence-corrected chi connectivity index (χ4v) is 2.44. The lowest BCUT2D eigenvalue weighted by Gasteiger charge is -2.18. The van der Waals surface area contributed by atoms with Crippen LogP contribution in [0, 0.1) is 5.82 Å². The summed E-state index contributed by atoms with van der Waals surface area (Å²) in [4.78, 5) is 0. The highest BCUT2D eigenvalue weighted by molar-refractivity contribution is 7.90. The molecule has 1 rings (SSSR count). The van der Waals surface area contributed by atoms with Crippen molar-refractivity contribution in [2.24, 2.45) is 0 Å². The molecule has 1 N–H and O–H groups in total. The maximum Gasteiger partial charge on any atom is 0.301 e. The number of likely N-dealkylation sites (N-methyl/N-ethyl adjacent to an activating group) is 1. The molecular weight excluding hydrogens is 283 g/mol. The van der Waals surface area contributed by atoms with Gasteiger partial charge in [0.25, 0.3) is 0 Å². The zero-order valence-corrected chi connectivity index (χ0v) is 13.0. The molecule has 0 aliphatic heterocycles. The van der Waals surface area contributed by atoms with Gasteiger partial charge in [0.15, 0.2) is 0 Å². The van der Waals surface area contributed by atoms with Crippen LogP contribution in [0.1, 0.15) is 25.3 Å². The number of hydrogen-bond acceptors (Lipinski definition) is 3. The van der Waals surface area contributed by atoms with Crippen LogP contribution in [0.5, 0.6) is 0 Å². The molecule has 0 heterocycles. The second-order valence-electron chi connectivity index (χ2n) is 4.82. The summed E-state index contributed by atoms with van der Waals surface area (Å²) in [6.45, 7) is 4.35. The molecule has 0 amide bonds. The van der Waals surface area contributed by atoms with Gasteiger partial charge in [-0.2, -0.15) is 12.7 Å². The van der Waals surface area contributed by atoms with Crippen molar-refractivity contribution in [3.8, 4) is 0 Å². The Balaban J connectivity index is 2.87. The smallest absolute Gasteiger partial charge is 0.301 e. The van der Waals surface area contributed by atoms with E-state index >= 15 is 0 Å². The molecule has 0 radical (unpaired) electrons. The van der Waals surface area contributed by atoms with E-state index in [9.17, 15) is 12.8 Å². The Labute approximate surface area is 119 Å². The van der Waals surface area contributed by atoms with Crippen molar-refractivity contribution in [3.63, 3.8) is 0 Å². The van der Waals surface area contributed by atoms with Crippen LogP contribution < -0.4 is 4.72 Å². The summed E-state index contributed by atoms with van der Waals surface area (Å²) in [6.07, 6.45) is 0. The first-order valence-corrected chi connectivity index (χ1v) is 7.74. The maximum atomic E-state index is 13.9. The third-order valence-electron chi connectivity index (χ3n) is 2.92. The number of halogens is 1. The zero-order valence-electron chi connectivity index (χ0n) is 12.2. The first-order valence-electron chi connectivity index (χ1n) is 6.30.